The minimum atomic E-state index is -1.50. The lowest BCUT2D eigenvalue weighted by Gasteiger charge is -2.42. The molecule has 9 amide bonds. The molecule has 15 rings (SSSR count). The SMILES string of the molecule is CC(C)[C@@H]1OC(=O)C2(/C=C/c3ccc4ccc(nc4c3)[C@@H](C)NC(=O)[C@@H]3CCCN(N3)C(=O)[C@H](C)NC1=O)COCOC2.CC1CCC2(/C=C/c3ccc4ccc(nc4c3)[C@@H](C)NC(=O)[C@@H]3CCCN(N3)C(=O)[C@H](C)NC(=O)[C@@H](C(C)C)OC2=O)CC1.CCC1(CF)OCC2(/C=C/c3ccc4ccc(nc4c3)C(C)NC(=O)[C@@H]3CCCN(N3)C(=O)[C@H](C)NC(=O)[C@H](C(C)C)OC2=O)CO1. The Labute approximate surface area is 779 Å². The van der Waals surface area contributed by atoms with Gasteiger partial charge in [-0.3, -0.25) is 87.5 Å². The molecule has 9 N–H and O–H groups in total. The third-order valence-corrected chi connectivity index (χ3v) is 26.4. The number of halogens is 1. The van der Waals surface area contributed by atoms with Gasteiger partial charge in [0.2, 0.25) is 17.7 Å². The number of hydrogen-bond donors (Lipinski definition) is 9. The number of cyclic esters (lactones) is 3. The Morgan fingerprint density at radius 3 is 1.00 bits per heavy atom. The Morgan fingerprint density at radius 2 is 0.687 bits per heavy atom. The average Bonchev–Trinajstić information content (AvgIpc) is 0.971. The minimum absolute atomic E-state index is 0.0125. The van der Waals surface area contributed by atoms with Crippen LogP contribution in [0.1, 0.15) is 219 Å². The van der Waals surface area contributed by atoms with Crippen LogP contribution in [0.2, 0.25) is 0 Å². The van der Waals surface area contributed by atoms with Crippen LogP contribution in [0.5, 0.6) is 0 Å². The zero-order valence-corrected chi connectivity index (χ0v) is 78.8. The van der Waals surface area contributed by atoms with E-state index in [0.29, 0.717) is 99.4 Å². The Kier molecular flexibility index (Phi) is 32.3. The first-order chi connectivity index (χ1) is 63.9. The number of amides is 9. The standard InChI is InChI=1S/C34H44FN5O7.C34H45N5O5.C31H39N5O7/c1-6-34(17-35)45-18-33(19-46-34)14-13-23-9-10-24-11-12-25(38-27(24)16-23)21(4)36-29(41)26-8-7-15-40(39-26)31(43)22(5)37-30(42)28(20(2)3)47-32(33)44;1-20(2)29-31(41)36-23(5)32(42)39-18-6-7-27(38-39)30(40)35-22(4)26-11-10-25-9-8-24(19-28(25)37-26)14-17-34(33(43)44-29)15-12-21(3)13-16-34;1-18(2)26-28(38)33-20(4)29(39)36-13-5-6-24(35-36)27(37)32-19(3)23-10-9-22-8-7-21(14-25(22)34-23)11-12-31(30(40)43-26)15-41-17-42-16-31/h9-14,16,20-22,26,28,39H,6-8,15,17-19H2,1-5H3,(H,36,41)(H,37,42);8-11,14,17,19-23,27,29,38H,6-7,12-13,15-16,18H2,1-5H3,(H,35,40)(H,36,41);7-12,14,18-20,24,26,35H,5-6,13,15-17H2,1-4H3,(H,32,37)(H,33,38)/b14-13+;17-14+;12-11+/t21?,22-,26-,28-,33?,34?;21?,22-,23+,27+,29-,34?;19-,20+,24+,26+/m011/s1. The number of alkyl halides is 1. The molecule has 1 unspecified atom stereocenters. The summed E-state index contributed by atoms with van der Waals surface area (Å²) in [7, 11) is 0. The van der Waals surface area contributed by atoms with Gasteiger partial charge in [0, 0.05) is 42.2 Å². The number of ether oxygens (including phenoxy) is 7. The first-order valence-electron chi connectivity index (χ1n) is 46.9. The van der Waals surface area contributed by atoms with E-state index in [1.165, 1.54) is 22.0 Å². The second-order valence-electron chi connectivity index (χ2n) is 38.0. The highest BCUT2D eigenvalue weighted by Gasteiger charge is 2.51. The number of hydrazine groups is 3. The molecule has 6 fully saturated rings. The number of fused-ring (bicyclic) bond motifs is 12. The molecule has 35 heteroatoms. The van der Waals surface area contributed by atoms with Gasteiger partial charge in [0.1, 0.15) is 60.5 Å². The Bertz CT molecular complexity index is 5450. The summed E-state index contributed by atoms with van der Waals surface area (Å²) in [4.78, 5) is 176. The molecular weight excluding hydrogens is 1720 g/mol. The molecule has 15 bridgehead atoms. The van der Waals surface area contributed by atoms with Gasteiger partial charge in [0.05, 0.1) is 83.6 Å². The first kappa shape index (κ1) is 99.9. The lowest BCUT2D eigenvalue weighted by atomic mass is 9.70. The van der Waals surface area contributed by atoms with Crippen molar-refractivity contribution in [2.24, 2.45) is 39.9 Å². The molecule has 720 valence electrons. The van der Waals surface area contributed by atoms with Gasteiger partial charge in [-0.05, 0) is 183 Å². The van der Waals surface area contributed by atoms with Crippen molar-refractivity contribution in [2.75, 3.05) is 59.5 Å². The van der Waals surface area contributed by atoms with E-state index in [2.05, 4.69) is 55.1 Å². The average molecular weight is 1850 g/mol. The highest BCUT2D eigenvalue weighted by molar-refractivity contribution is 5.96. The number of carbonyl (C=O) groups is 12. The van der Waals surface area contributed by atoms with Crippen LogP contribution >= 0.6 is 0 Å². The Hall–Kier alpha value is -11.6. The number of nitrogens with one attached hydrogen (secondary N) is 9. The van der Waals surface area contributed by atoms with E-state index in [1.54, 1.807) is 72.8 Å². The monoisotopic (exact) mass is 1850 g/mol. The molecule has 11 heterocycles. The number of pyridine rings is 3. The van der Waals surface area contributed by atoms with Crippen molar-refractivity contribution in [3.63, 3.8) is 0 Å². The van der Waals surface area contributed by atoms with Crippen LogP contribution in [-0.2, 0) is 90.7 Å². The fourth-order valence-electron chi connectivity index (χ4n) is 17.6. The number of benzene rings is 3. The fourth-order valence-corrected chi connectivity index (χ4v) is 17.6. The third kappa shape index (κ3) is 23.5. The van der Waals surface area contributed by atoms with E-state index in [4.69, 9.17) is 48.1 Å². The first-order valence-corrected chi connectivity index (χ1v) is 46.9. The zero-order valence-electron chi connectivity index (χ0n) is 78.8. The molecule has 9 aliphatic rings. The zero-order chi connectivity index (χ0) is 96.3. The predicted octanol–water partition coefficient (Wildman–Crippen LogP) is 9.32. The van der Waals surface area contributed by atoms with Crippen LogP contribution in [-0.4, -0.2) is 221 Å². The molecule has 8 aliphatic heterocycles. The number of nitrogens with zero attached hydrogens (tertiary/aromatic N) is 6. The van der Waals surface area contributed by atoms with Crippen LogP contribution in [0, 0.1) is 39.9 Å². The largest absolute Gasteiger partial charge is 0.451 e. The van der Waals surface area contributed by atoms with E-state index in [9.17, 15) is 61.9 Å². The van der Waals surface area contributed by atoms with Crippen molar-refractivity contribution in [1.82, 2.24) is 78.2 Å². The van der Waals surface area contributed by atoms with Crippen molar-refractivity contribution in [3.05, 3.63) is 143 Å². The molecule has 5 saturated heterocycles. The molecule has 3 spiro atoms. The molecule has 1 aliphatic carbocycles. The number of hydrogen-bond acceptors (Lipinski definition) is 25. The summed E-state index contributed by atoms with van der Waals surface area (Å²) < 4.78 is 54.4. The summed E-state index contributed by atoms with van der Waals surface area (Å²) in [5.41, 5.74) is 12.0. The van der Waals surface area contributed by atoms with Gasteiger partial charge in [-0.1, -0.05) is 146 Å². The summed E-state index contributed by atoms with van der Waals surface area (Å²) in [6.07, 6.45) is 13.9. The third-order valence-electron chi connectivity index (χ3n) is 26.4. The molecule has 3 aromatic carbocycles. The van der Waals surface area contributed by atoms with Gasteiger partial charge < -0.3 is 65.1 Å². The van der Waals surface area contributed by atoms with E-state index >= 15 is 0 Å². The van der Waals surface area contributed by atoms with Gasteiger partial charge in [-0.25, -0.2) is 20.7 Å². The molecule has 6 aromatic rings. The quantitative estimate of drug-likeness (QED) is 0.0573. The highest BCUT2D eigenvalue weighted by Crippen LogP contribution is 2.44. The molecule has 3 aromatic heterocycles. The van der Waals surface area contributed by atoms with Crippen molar-refractivity contribution in [2.45, 2.75) is 246 Å². The van der Waals surface area contributed by atoms with Crippen LogP contribution in [0.3, 0.4) is 0 Å². The second-order valence-corrected chi connectivity index (χ2v) is 38.0. The maximum atomic E-state index is 14.0. The van der Waals surface area contributed by atoms with Crippen molar-refractivity contribution < 1.29 is 95.1 Å². The van der Waals surface area contributed by atoms with Crippen molar-refractivity contribution >= 4 is 122 Å². The molecule has 34 nitrogen and oxygen atoms in total. The summed E-state index contributed by atoms with van der Waals surface area (Å²) in [5.74, 6) is -7.73. The molecule has 1 saturated carbocycles. The topological polar surface area (TPSA) is 426 Å². The van der Waals surface area contributed by atoms with E-state index < -0.39 is 143 Å². The smallest absolute Gasteiger partial charge is 0.321 e. The van der Waals surface area contributed by atoms with E-state index in [-0.39, 0.29) is 87.2 Å². The second kappa shape index (κ2) is 43.4. The van der Waals surface area contributed by atoms with Gasteiger partial charge >= 0.3 is 17.9 Å². The van der Waals surface area contributed by atoms with Crippen molar-refractivity contribution in [3.8, 4) is 0 Å². The van der Waals surface area contributed by atoms with Gasteiger partial charge in [0.25, 0.3) is 35.4 Å². The highest BCUT2D eigenvalue weighted by atomic mass is 19.1. The Balaban J connectivity index is 0.000000171. The van der Waals surface area contributed by atoms with E-state index in [0.717, 1.165) is 56.9 Å². The fraction of sp³-hybridized carbons (Fsp3) is 0.545. The number of carbonyl (C=O) groups excluding carboxylic acids is 12. The van der Waals surface area contributed by atoms with E-state index in [1.807, 2.05) is 138 Å². The normalized spacial score (nSPS) is 30.5. The number of aromatic nitrogens is 3. The summed E-state index contributed by atoms with van der Waals surface area (Å²) >= 11 is 0. The van der Waals surface area contributed by atoms with Gasteiger partial charge in [0.15, 0.2) is 24.1 Å². The van der Waals surface area contributed by atoms with Crippen molar-refractivity contribution in [1.29, 1.82) is 0 Å². The predicted molar refractivity (Wildman–Crippen MR) is 495 cm³/mol. The molecule has 0 radical (unpaired) electrons. The maximum absolute atomic E-state index is 14.0. The minimum Gasteiger partial charge on any atom is -0.451 e. The summed E-state index contributed by atoms with van der Waals surface area (Å²) in [5, 5.41) is 24.1. The lowest BCUT2D eigenvalue weighted by molar-refractivity contribution is -0.301. The number of rotatable bonds is 5. The van der Waals surface area contributed by atoms with Crippen LogP contribution in [0.4, 0.5) is 4.39 Å². The molecule has 134 heavy (non-hydrogen) atoms. The molecule has 12 atom stereocenters. The maximum Gasteiger partial charge on any atom is 0.321 e. The van der Waals surface area contributed by atoms with Crippen LogP contribution in [0.15, 0.2) is 109 Å². The molecular formula is C99H128FN15O19. The van der Waals surface area contributed by atoms with Gasteiger partial charge in [-0.15, -0.1) is 0 Å². The summed E-state index contributed by atoms with van der Waals surface area (Å²) in [6.45, 7) is 24.6. The van der Waals surface area contributed by atoms with Crippen LogP contribution in [0.25, 0.3) is 50.9 Å². The number of esters is 3. The van der Waals surface area contributed by atoms with Crippen LogP contribution < -0.4 is 48.2 Å². The Morgan fingerprint density at radius 1 is 0.388 bits per heavy atom. The van der Waals surface area contributed by atoms with Gasteiger partial charge in [-0.2, -0.15) is 0 Å². The summed E-state index contributed by atoms with van der Waals surface area (Å²) in [6, 6.07) is 22.9. The lowest BCUT2D eigenvalue weighted by Crippen LogP contribution is -2.61.